The number of ether oxygens (including phenoxy) is 1. The fourth-order valence-electron chi connectivity index (χ4n) is 0.990. The maximum absolute atomic E-state index is 9.25. The number of aromatic hydroxyl groups is 1. The van der Waals surface area contributed by atoms with Crippen molar-refractivity contribution in [2.45, 2.75) is 6.92 Å². The molecule has 1 rings (SSSR count). The molecule has 0 amide bonds. The molecule has 1 N–H and O–H groups in total. The van der Waals surface area contributed by atoms with E-state index in [1.54, 1.807) is 12.1 Å². The second-order valence-corrected chi connectivity index (χ2v) is 2.43. The molecule has 0 aliphatic heterocycles. The first-order chi connectivity index (χ1) is 5.77. The van der Waals surface area contributed by atoms with Gasteiger partial charge in [0.1, 0.15) is 0 Å². The van der Waals surface area contributed by atoms with Crippen molar-refractivity contribution in [2.75, 3.05) is 7.11 Å². The van der Waals surface area contributed by atoms with Crippen LogP contribution in [0.3, 0.4) is 0 Å². The minimum absolute atomic E-state index is 0. The molecule has 67 valence electrons. The summed E-state index contributed by atoms with van der Waals surface area (Å²) >= 11 is 0. The van der Waals surface area contributed by atoms with Gasteiger partial charge >= 0.3 is 0 Å². The van der Waals surface area contributed by atoms with Crippen LogP contribution in [0.2, 0.25) is 0 Å². The van der Waals surface area contributed by atoms with Gasteiger partial charge in [0.15, 0.2) is 11.5 Å². The Labute approximate surface area is 103 Å². The minimum Gasteiger partial charge on any atom is -0.504 e. The summed E-state index contributed by atoms with van der Waals surface area (Å²) in [7, 11) is 1.54. The monoisotopic (exact) mass is 253 g/mol. The molecule has 0 saturated carbocycles. The van der Waals surface area contributed by atoms with E-state index >= 15 is 0 Å². The molecule has 0 saturated heterocycles. The molecular formula is C10H12O2Y. The van der Waals surface area contributed by atoms with Crippen molar-refractivity contribution >= 4 is 6.08 Å². The molecule has 0 bridgehead atoms. The zero-order valence-corrected chi connectivity index (χ0v) is 10.7. The van der Waals surface area contributed by atoms with Crippen LogP contribution in [0, 0.1) is 0 Å². The number of rotatable bonds is 2. The Bertz CT molecular complexity index is 295. The van der Waals surface area contributed by atoms with E-state index in [9.17, 15) is 5.11 Å². The molecule has 1 aromatic rings. The summed E-state index contributed by atoms with van der Waals surface area (Å²) in [6.07, 6.45) is 3.88. The van der Waals surface area contributed by atoms with Crippen molar-refractivity contribution in [1.29, 1.82) is 0 Å². The van der Waals surface area contributed by atoms with E-state index in [-0.39, 0.29) is 38.5 Å². The predicted octanol–water partition coefficient (Wildman–Crippen LogP) is 2.43. The summed E-state index contributed by atoms with van der Waals surface area (Å²) in [6, 6.07) is 5.24. The van der Waals surface area contributed by atoms with Gasteiger partial charge in [0.2, 0.25) is 0 Å². The number of allylic oxidation sites excluding steroid dienone is 1. The van der Waals surface area contributed by atoms with Crippen molar-refractivity contribution in [3.05, 3.63) is 29.8 Å². The first-order valence-electron chi connectivity index (χ1n) is 3.77. The molecule has 0 unspecified atom stereocenters. The van der Waals surface area contributed by atoms with Gasteiger partial charge < -0.3 is 9.84 Å². The molecule has 0 aliphatic carbocycles. The molecule has 13 heavy (non-hydrogen) atoms. The average Bonchev–Trinajstić information content (AvgIpc) is 2.09. The fourth-order valence-corrected chi connectivity index (χ4v) is 0.990. The van der Waals surface area contributed by atoms with E-state index in [2.05, 4.69) is 0 Å². The molecule has 3 heteroatoms. The molecule has 0 aromatic heterocycles. The van der Waals surface area contributed by atoms with Crippen molar-refractivity contribution in [2.24, 2.45) is 0 Å². The third-order valence-corrected chi connectivity index (χ3v) is 1.56. The van der Waals surface area contributed by atoms with Gasteiger partial charge in [-0.1, -0.05) is 18.2 Å². The van der Waals surface area contributed by atoms with Gasteiger partial charge in [0.05, 0.1) is 7.11 Å². The largest absolute Gasteiger partial charge is 0.504 e. The quantitative estimate of drug-likeness (QED) is 0.877. The number of phenols is 1. The Hall–Kier alpha value is -0.336. The van der Waals surface area contributed by atoms with Crippen LogP contribution in [0.5, 0.6) is 11.5 Å². The fraction of sp³-hybridized carbons (Fsp3) is 0.200. The maximum atomic E-state index is 9.25. The molecule has 0 fully saturated rings. The Kier molecular flexibility index (Phi) is 6.01. The normalized spacial score (nSPS) is 9.69. The summed E-state index contributed by atoms with van der Waals surface area (Å²) in [6.45, 7) is 1.94. The van der Waals surface area contributed by atoms with Gasteiger partial charge in [0.25, 0.3) is 0 Å². The molecule has 0 heterocycles. The molecule has 2 nitrogen and oxygen atoms in total. The van der Waals surface area contributed by atoms with Crippen molar-refractivity contribution in [1.82, 2.24) is 0 Å². The van der Waals surface area contributed by atoms with Crippen LogP contribution >= 0.6 is 0 Å². The third kappa shape index (κ3) is 3.49. The van der Waals surface area contributed by atoms with Crippen LogP contribution in [-0.2, 0) is 32.7 Å². The van der Waals surface area contributed by atoms with E-state index in [0.29, 0.717) is 5.75 Å². The summed E-state index contributed by atoms with van der Waals surface area (Å²) < 4.78 is 4.95. The summed E-state index contributed by atoms with van der Waals surface area (Å²) in [5, 5.41) is 9.25. The van der Waals surface area contributed by atoms with Crippen LogP contribution in [0.15, 0.2) is 24.3 Å². The topological polar surface area (TPSA) is 29.5 Å². The van der Waals surface area contributed by atoms with Crippen molar-refractivity contribution < 1.29 is 42.6 Å². The Morgan fingerprint density at radius 1 is 1.38 bits per heavy atom. The van der Waals surface area contributed by atoms with Crippen LogP contribution < -0.4 is 4.74 Å². The first kappa shape index (κ1) is 12.7. The maximum Gasteiger partial charge on any atom is 0.161 e. The van der Waals surface area contributed by atoms with Crippen molar-refractivity contribution in [3.63, 3.8) is 0 Å². The van der Waals surface area contributed by atoms with E-state index in [1.165, 1.54) is 7.11 Å². The van der Waals surface area contributed by atoms with E-state index < -0.39 is 0 Å². The second kappa shape index (κ2) is 6.17. The van der Waals surface area contributed by atoms with Gasteiger partial charge in [-0.05, 0) is 24.6 Å². The number of phenolic OH excluding ortho intramolecular Hbond substituents is 1. The molecule has 1 aromatic carbocycles. The molecular weight excluding hydrogens is 241 g/mol. The summed E-state index contributed by atoms with van der Waals surface area (Å²) in [5.74, 6) is 0.677. The van der Waals surface area contributed by atoms with E-state index in [0.717, 1.165) is 5.56 Å². The van der Waals surface area contributed by atoms with Gasteiger partial charge in [-0.15, -0.1) is 0 Å². The van der Waals surface area contributed by atoms with Crippen LogP contribution in [0.4, 0.5) is 0 Å². The third-order valence-electron chi connectivity index (χ3n) is 1.56. The van der Waals surface area contributed by atoms with E-state index in [4.69, 9.17) is 4.74 Å². The number of hydrogen-bond acceptors (Lipinski definition) is 2. The number of hydrogen-bond donors (Lipinski definition) is 1. The summed E-state index contributed by atoms with van der Waals surface area (Å²) in [5.41, 5.74) is 1.02. The van der Waals surface area contributed by atoms with Gasteiger partial charge in [-0.25, -0.2) is 0 Å². The zero-order valence-electron chi connectivity index (χ0n) is 7.82. The molecule has 1 radical (unpaired) electrons. The van der Waals surface area contributed by atoms with Gasteiger partial charge in [0, 0.05) is 32.7 Å². The van der Waals surface area contributed by atoms with Gasteiger partial charge in [-0.3, -0.25) is 0 Å². The number of methoxy groups -OCH3 is 1. The molecule has 0 aliphatic rings. The van der Waals surface area contributed by atoms with Crippen LogP contribution in [0.25, 0.3) is 6.08 Å². The van der Waals surface area contributed by atoms with E-state index in [1.807, 2.05) is 25.1 Å². The van der Waals surface area contributed by atoms with Crippen LogP contribution in [-0.4, -0.2) is 12.2 Å². The SMILES string of the molecule is C/C=C/c1ccc(O)c(OC)c1.[Y]. The average molecular weight is 253 g/mol. The first-order valence-corrected chi connectivity index (χ1v) is 3.77. The molecule has 0 spiro atoms. The molecule has 0 atom stereocenters. The second-order valence-electron chi connectivity index (χ2n) is 2.43. The smallest absolute Gasteiger partial charge is 0.161 e. The summed E-state index contributed by atoms with van der Waals surface area (Å²) in [4.78, 5) is 0. The Morgan fingerprint density at radius 2 is 2.08 bits per heavy atom. The number of benzene rings is 1. The predicted molar refractivity (Wildman–Crippen MR) is 49.4 cm³/mol. The Morgan fingerprint density at radius 3 is 2.62 bits per heavy atom. The minimum atomic E-state index is 0. The van der Waals surface area contributed by atoms with Gasteiger partial charge in [-0.2, -0.15) is 0 Å². The Balaban J connectivity index is 0.00000144. The van der Waals surface area contributed by atoms with Crippen LogP contribution in [0.1, 0.15) is 12.5 Å². The zero-order chi connectivity index (χ0) is 8.97. The standard InChI is InChI=1S/C10H12O2.Y/c1-3-4-8-5-6-9(11)10(7-8)12-2;/h3-7,11H,1-2H3;/b4-3+;. The van der Waals surface area contributed by atoms with Crippen molar-refractivity contribution in [3.8, 4) is 11.5 Å².